The van der Waals surface area contributed by atoms with E-state index in [4.69, 9.17) is 26.1 Å². The van der Waals surface area contributed by atoms with Gasteiger partial charge < -0.3 is 14.2 Å². The highest BCUT2D eigenvalue weighted by Crippen LogP contribution is 2.40. The number of anilines is 2. The molecule has 2 aromatic heterocycles. The highest BCUT2D eigenvalue weighted by atomic mass is 35.5. The van der Waals surface area contributed by atoms with Crippen molar-refractivity contribution in [2.45, 2.75) is 77.2 Å². The molecule has 1 amide bonds. The van der Waals surface area contributed by atoms with Crippen LogP contribution < -0.4 is 9.62 Å². The Bertz CT molecular complexity index is 1770. The Morgan fingerprint density at radius 3 is 2.60 bits per heavy atom. The summed E-state index contributed by atoms with van der Waals surface area (Å²) in [5, 5.41) is 15.2. The lowest BCUT2D eigenvalue weighted by atomic mass is 9.98. The molecule has 3 atom stereocenters. The van der Waals surface area contributed by atoms with Crippen LogP contribution in [0.15, 0.2) is 30.5 Å². The number of nitrogens with zero attached hydrogens (tertiary/aromatic N) is 6. The van der Waals surface area contributed by atoms with Crippen LogP contribution in [-0.2, 0) is 14.4 Å². The number of nitrogens with one attached hydrogen (secondary N) is 1. The van der Waals surface area contributed by atoms with Crippen molar-refractivity contribution in [2.75, 3.05) is 35.5 Å². The van der Waals surface area contributed by atoms with Crippen molar-refractivity contribution in [3.05, 3.63) is 52.3 Å². The Morgan fingerprint density at radius 2 is 1.93 bits per heavy atom. The Kier molecular flexibility index (Phi) is 9.00. The number of carbonyl (C=O) groups is 1. The van der Waals surface area contributed by atoms with Crippen molar-refractivity contribution in [1.82, 2.24) is 19.5 Å². The first-order valence-corrected chi connectivity index (χ1v) is 20.4. The van der Waals surface area contributed by atoms with E-state index < -0.39 is 18.3 Å². The maximum absolute atomic E-state index is 13.9. The van der Waals surface area contributed by atoms with Gasteiger partial charge in [0.2, 0.25) is 10.0 Å². The first kappa shape index (κ1) is 33.2. The van der Waals surface area contributed by atoms with Gasteiger partial charge in [-0.25, -0.2) is 17.9 Å². The highest BCUT2D eigenvalue weighted by molar-refractivity contribution is 7.92. The number of aryl methyl sites for hydroxylation is 1. The van der Waals surface area contributed by atoms with Crippen LogP contribution in [0, 0.1) is 24.2 Å². The number of halogens is 1. The van der Waals surface area contributed by atoms with Crippen molar-refractivity contribution in [2.24, 2.45) is 5.92 Å². The molecule has 1 aromatic carbocycles. The monoisotopic (exact) mass is 671 g/mol. The van der Waals surface area contributed by atoms with Gasteiger partial charge in [-0.2, -0.15) is 10.4 Å². The summed E-state index contributed by atoms with van der Waals surface area (Å²) in [5.41, 5.74) is 2.66. The summed E-state index contributed by atoms with van der Waals surface area (Å²) >= 11 is 6.24. The molecule has 242 valence electrons. The smallest absolute Gasteiger partial charge is 0.256 e. The van der Waals surface area contributed by atoms with E-state index in [2.05, 4.69) is 49.6 Å². The van der Waals surface area contributed by atoms with Gasteiger partial charge >= 0.3 is 0 Å². The number of carbonyl (C=O) groups excluding carboxylic acids is 1. The van der Waals surface area contributed by atoms with Crippen LogP contribution in [0.2, 0.25) is 23.2 Å². The lowest BCUT2D eigenvalue weighted by Gasteiger charge is -2.38. The molecule has 0 bridgehead atoms. The molecular formula is C31H42ClN7O4SSi. The summed E-state index contributed by atoms with van der Waals surface area (Å²) in [6, 6.07) is 8.61. The Morgan fingerprint density at radius 1 is 1.20 bits per heavy atom. The number of nitriles is 1. The second-order valence-electron chi connectivity index (χ2n) is 13.8. The molecule has 2 aliphatic rings. The minimum atomic E-state index is -3.62. The minimum absolute atomic E-state index is 0.0362. The van der Waals surface area contributed by atoms with E-state index >= 15 is 0 Å². The van der Waals surface area contributed by atoms with Crippen molar-refractivity contribution in [3.63, 3.8) is 0 Å². The van der Waals surface area contributed by atoms with Gasteiger partial charge in [-0.05, 0) is 62.5 Å². The number of amides is 1. The number of sulfonamides is 1. The zero-order valence-electron chi connectivity index (χ0n) is 27.0. The maximum atomic E-state index is 13.9. The third-order valence-corrected chi connectivity index (χ3v) is 14.6. The van der Waals surface area contributed by atoms with Gasteiger partial charge in [-0.3, -0.25) is 9.52 Å². The van der Waals surface area contributed by atoms with E-state index in [1.54, 1.807) is 15.5 Å². The zero-order chi connectivity index (χ0) is 32.9. The summed E-state index contributed by atoms with van der Waals surface area (Å²) in [7, 11) is -5.69. The molecule has 0 aliphatic carbocycles. The predicted molar refractivity (Wildman–Crippen MR) is 179 cm³/mol. The molecule has 0 spiro atoms. The van der Waals surface area contributed by atoms with E-state index in [0.29, 0.717) is 42.4 Å². The van der Waals surface area contributed by atoms with Crippen LogP contribution in [0.25, 0.3) is 5.65 Å². The SMILES string of the molecule is Cc1cn2nc([C@@H]3CCCCN3C(=O)c3cc(Cl)ccc3NS(C)(=O)=O)cc2nc1N1C[C@@H](C#N)[C@@H](O[Si](C)(C)C(C)(C)C)C1. The Hall–Kier alpha value is -3.18. The topological polar surface area (TPSA) is 133 Å². The number of piperidine rings is 1. The number of hydrogen-bond donors (Lipinski definition) is 1. The van der Waals surface area contributed by atoms with Crippen LogP contribution in [0.3, 0.4) is 0 Å². The third kappa shape index (κ3) is 6.99. The molecule has 1 N–H and O–H groups in total. The lowest BCUT2D eigenvalue weighted by molar-refractivity contribution is 0.0607. The zero-order valence-corrected chi connectivity index (χ0v) is 29.5. The van der Waals surface area contributed by atoms with Gasteiger partial charge in [-0.15, -0.1) is 0 Å². The average molecular weight is 672 g/mol. The van der Waals surface area contributed by atoms with Crippen LogP contribution in [0.4, 0.5) is 11.5 Å². The van der Waals surface area contributed by atoms with Crippen molar-refractivity contribution in [3.8, 4) is 6.07 Å². The van der Waals surface area contributed by atoms with E-state index in [0.717, 1.165) is 30.5 Å². The van der Waals surface area contributed by atoms with E-state index in [-0.39, 0.29) is 40.3 Å². The maximum Gasteiger partial charge on any atom is 0.256 e. The molecule has 0 radical (unpaired) electrons. The lowest BCUT2D eigenvalue weighted by Crippen LogP contribution is -2.45. The van der Waals surface area contributed by atoms with Crippen molar-refractivity contribution < 1.29 is 17.6 Å². The molecule has 11 nitrogen and oxygen atoms in total. The van der Waals surface area contributed by atoms with E-state index in [1.165, 1.54) is 12.1 Å². The number of likely N-dealkylation sites (tertiary alicyclic amines) is 1. The fourth-order valence-electron chi connectivity index (χ4n) is 5.87. The second kappa shape index (κ2) is 12.2. The molecule has 2 fully saturated rings. The van der Waals surface area contributed by atoms with Gasteiger partial charge in [0.1, 0.15) is 5.82 Å². The Labute approximate surface area is 271 Å². The van der Waals surface area contributed by atoms with E-state index in [9.17, 15) is 18.5 Å². The van der Waals surface area contributed by atoms with E-state index in [1.807, 2.05) is 19.2 Å². The number of hydrogen-bond acceptors (Lipinski definition) is 8. The quantitative estimate of drug-likeness (QED) is 0.313. The molecule has 2 saturated heterocycles. The Balaban J connectivity index is 1.43. The number of rotatable bonds is 7. The number of aromatic nitrogens is 3. The average Bonchev–Trinajstić information content (AvgIpc) is 3.54. The number of benzene rings is 1. The standard InChI is InChI=1S/C31H42ClN7O4SSi/c1-20-17-39-28(34-29(20)37-18-21(16-33)27(19-37)43-45(6,7)31(2,3)4)15-25(35-39)26-10-8-9-13-38(26)30(40)23-14-22(32)11-12-24(23)36-44(5,41)42/h11-12,14-15,17,21,26-27,36H,8-10,13,18-19H2,1-7H3/t21-,26+,27+/m1/s1. The van der Waals surface area contributed by atoms with Crippen molar-refractivity contribution >= 4 is 53.0 Å². The molecule has 3 aromatic rings. The minimum Gasteiger partial charge on any atom is -0.411 e. The summed E-state index contributed by atoms with van der Waals surface area (Å²) < 4.78 is 34.9. The molecular weight excluding hydrogens is 630 g/mol. The highest BCUT2D eigenvalue weighted by Gasteiger charge is 2.44. The van der Waals surface area contributed by atoms with Gasteiger partial charge in [0.15, 0.2) is 14.0 Å². The van der Waals surface area contributed by atoms with Crippen molar-refractivity contribution in [1.29, 1.82) is 5.26 Å². The molecule has 14 heteroatoms. The first-order valence-electron chi connectivity index (χ1n) is 15.2. The molecule has 0 unspecified atom stereocenters. The van der Waals surface area contributed by atoms with Gasteiger partial charge in [0, 0.05) is 42.5 Å². The molecule has 2 aliphatic heterocycles. The second-order valence-corrected chi connectivity index (χ2v) is 20.7. The van der Waals surface area contributed by atoms with Gasteiger partial charge in [-0.1, -0.05) is 32.4 Å². The van der Waals surface area contributed by atoms with Crippen LogP contribution in [-0.4, -0.2) is 74.1 Å². The largest absolute Gasteiger partial charge is 0.411 e. The molecule has 4 heterocycles. The predicted octanol–water partition coefficient (Wildman–Crippen LogP) is 5.78. The first-order chi connectivity index (χ1) is 21.0. The molecule has 5 rings (SSSR count). The van der Waals surface area contributed by atoms with Crippen LogP contribution >= 0.6 is 11.6 Å². The van der Waals surface area contributed by atoms with Gasteiger partial charge in [0.25, 0.3) is 5.91 Å². The van der Waals surface area contributed by atoms with Crippen LogP contribution in [0.1, 0.15) is 67.7 Å². The summed E-state index contributed by atoms with van der Waals surface area (Å²) in [5.74, 6) is 0.220. The number of fused-ring (bicyclic) bond motifs is 1. The summed E-state index contributed by atoms with van der Waals surface area (Å²) in [4.78, 5) is 22.8. The normalized spacial score (nSPS) is 21.3. The fraction of sp³-hybridized carbons (Fsp3) is 0.548. The fourth-order valence-corrected chi connectivity index (χ4v) is 7.97. The van der Waals surface area contributed by atoms with Crippen LogP contribution in [0.5, 0.6) is 0 Å². The molecule has 45 heavy (non-hydrogen) atoms. The molecule has 0 saturated carbocycles. The third-order valence-electron chi connectivity index (χ3n) is 9.22. The summed E-state index contributed by atoms with van der Waals surface area (Å²) in [6.45, 7) is 14.6. The van der Waals surface area contributed by atoms with Gasteiger partial charge in [0.05, 0.1) is 47.3 Å². The summed E-state index contributed by atoms with van der Waals surface area (Å²) in [6.07, 6.45) is 5.24.